The van der Waals surface area contributed by atoms with Gasteiger partial charge in [0, 0.05) is 6.54 Å². The topological polar surface area (TPSA) is 52.3 Å². The lowest BCUT2D eigenvalue weighted by Gasteiger charge is -2.29. The molecular weight excluding hydrogens is 226 g/mol. The van der Waals surface area contributed by atoms with Crippen LogP contribution >= 0.6 is 0 Å². The van der Waals surface area contributed by atoms with Gasteiger partial charge in [0.05, 0.1) is 12.0 Å². The zero-order valence-corrected chi connectivity index (χ0v) is 12.3. The van der Waals surface area contributed by atoms with E-state index in [1.165, 1.54) is 12.8 Å². The maximum atomic E-state index is 12.3. The van der Waals surface area contributed by atoms with Crippen molar-refractivity contribution in [2.45, 2.75) is 65.7 Å². The molecule has 1 aliphatic carbocycles. The van der Waals surface area contributed by atoms with Gasteiger partial charge >= 0.3 is 5.97 Å². The van der Waals surface area contributed by atoms with Crippen molar-refractivity contribution in [2.75, 3.05) is 13.2 Å². The van der Waals surface area contributed by atoms with Gasteiger partial charge in [0.2, 0.25) is 0 Å². The second kappa shape index (κ2) is 6.55. The van der Waals surface area contributed by atoms with E-state index >= 15 is 0 Å². The molecular formula is C15H29NO2. The summed E-state index contributed by atoms with van der Waals surface area (Å²) < 4.78 is 5.49. The molecule has 1 saturated carbocycles. The Balaban J connectivity index is 2.50. The van der Waals surface area contributed by atoms with Crippen LogP contribution < -0.4 is 5.73 Å². The Labute approximate surface area is 111 Å². The summed E-state index contributed by atoms with van der Waals surface area (Å²) >= 11 is 0. The summed E-state index contributed by atoms with van der Waals surface area (Å²) in [5, 5.41) is 0. The van der Waals surface area contributed by atoms with Gasteiger partial charge in [-0.3, -0.25) is 4.79 Å². The number of carbonyl (C=O) groups excluding carboxylic acids is 1. The van der Waals surface area contributed by atoms with E-state index in [0.29, 0.717) is 13.2 Å². The van der Waals surface area contributed by atoms with Gasteiger partial charge in [-0.25, -0.2) is 0 Å². The third kappa shape index (κ3) is 4.60. The number of hydrogen-bond acceptors (Lipinski definition) is 3. The van der Waals surface area contributed by atoms with E-state index in [4.69, 9.17) is 10.5 Å². The molecule has 1 rings (SSSR count). The predicted molar refractivity (Wildman–Crippen MR) is 74.2 cm³/mol. The fourth-order valence-electron chi connectivity index (χ4n) is 2.50. The fraction of sp³-hybridized carbons (Fsp3) is 0.933. The first-order valence-corrected chi connectivity index (χ1v) is 7.27. The van der Waals surface area contributed by atoms with E-state index in [-0.39, 0.29) is 11.4 Å². The van der Waals surface area contributed by atoms with Crippen LogP contribution in [0.3, 0.4) is 0 Å². The molecule has 0 radical (unpaired) electrons. The lowest BCUT2D eigenvalue weighted by atomic mass is 9.80. The molecule has 0 bridgehead atoms. The van der Waals surface area contributed by atoms with Gasteiger partial charge < -0.3 is 10.5 Å². The third-order valence-electron chi connectivity index (χ3n) is 3.97. The van der Waals surface area contributed by atoms with E-state index in [0.717, 1.165) is 32.1 Å². The molecule has 0 atom stereocenters. The highest BCUT2D eigenvalue weighted by atomic mass is 16.5. The minimum absolute atomic E-state index is 0.0591. The summed E-state index contributed by atoms with van der Waals surface area (Å²) in [5.74, 6) is -0.0591. The van der Waals surface area contributed by atoms with Gasteiger partial charge in [-0.2, -0.15) is 0 Å². The molecule has 2 N–H and O–H groups in total. The van der Waals surface area contributed by atoms with Crippen molar-refractivity contribution in [1.29, 1.82) is 0 Å². The molecule has 0 heterocycles. The van der Waals surface area contributed by atoms with Gasteiger partial charge in [0.25, 0.3) is 0 Å². The van der Waals surface area contributed by atoms with Gasteiger partial charge in [-0.05, 0) is 24.7 Å². The molecule has 0 unspecified atom stereocenters. The minimum atomic E-state index is -0.394. The van der Waals surface area contributed by atoms with Crippen LogP contribution in [-0.4, -0.2) is 19.1 Å². The average Bonchev–Trinajstić information content (AvgIpc) is 2.53. The number of esters is 1. The zero-order chi connectivity index (χ0) is 13.6. The predicted octanol–water partition coefficient (Wildman–Crippen LogP) is 3.27. The van der Waals surface area contributed by atoms with Crippen LogP contribution in [0.15, 0.2) is 0 Å². The Morgan fingerprint density at radius 2 is 1.72 bits per heavy atom. The van der Waals surface area contributed by atoms with E-state index in [2.05, 4.69) is 20.8 Å². The number of nitrogens with two attached hydrogens (primary N) is 1. The molecule has 0 aromatic heterocycles. The van der Waals surface area contributed by atoms with Crippen molar-refractivity contribution in [3.8, 4) is 0 Å². The summed E-state index contributed by atoms with van der Waals surface area (Å²) in [4.78, 5) is 12.3. The number of rotatable bonds is 4. The normalized spacial score (nSPS) is 20.2. The van der Waals surface area contributed by atoms with Gasteiger partial charge in [0.1, 0.15) is 0 Å². The summed E-state index contributed by atoms with van der Waals surface area (Å²) in [5.41, 5.74) is 5.68. The van der Waals surface area contributed by atoms with Crippen LogP contribution in [0.2, 0.25) is 0 Å². The highest BCUT2D eigenvalue weighted by molar-refractivity contribution is 5.77. The molecule has 1 fully saturated rings. The van der Waals surface area contributed by atoms with Crippen LogP contribution in [0.1, 0.15) is 65.7 Å². The van der Waals surface area contributed by atoms with E-state index in [1.54, 1.807) is 0 Å². The molecule has 0 saturated heterocycles. The Hall–Kier alpha value is -0.570. The van der Waals surface area contributed by atoms with Crippen LogP contribution in [0.4, 0.5) is 0 Å². The quantitative estimate of drug-likeness (QED) is 0.619. The van der Waals surface area contributed by atoms with Gasteiger partial charge in [0.15, 0.2) is 0 Å². The minimum Gasteiger partial charge on any atom is -0.465 e. The average molecular weight is 255 g/mol. The van der Waals surface area contributed by atoms with Crippen LogP contribution in [0.25, 0.3) is 0 Å². The first-order chi connectivity index (χ1) is 8.40. The maximum absolute atomic E-state index is 12.3. The summed E-state index contributed by atoms with van der Waals surface area (Å²) in [6, 6.07) is 0. The van der Waals surface area contributed by atoms with Gasteiger partial charge in [-0.15, -0.1) is 0 Å². The van der Waals surface area contributed by atoms with Gasteiger partial charge in [-0.1, -0.05) is 46.5 Å². The second-order valence-electron chi connectivity index (χ2n) is 6.85. The van der Waals surface area contributed by atoms with Crippen LogP contribution in [-0.2, 0) is 9.53 Å². The third-order valence-corrected chi connectivity index (χ3v) is 3.97. The smallest absolute Gasteiger partial charge is 0.313 e. The number of ether oxygens (including phenoxy) is 1. The van der Waals surface area contributed by atoms with Crippen LogP contribution in [0.5, 0.6) is 0 Å². The molecule has 106 valence electrons. The van der Waals surface area contributed by atoms with Crippen molar-refractivity contribution in [1.82, 2.24) is 0 Å². The highest BCUT2D eigenvalue weighted by Crippen LogP contribution is 2.35. The van der Waals surface area contributed by atoms with Crippen molar-refractivity contribution in [3.63, 3.8) is 0 Å². The first-order valence-electron chi connectivity index (χ1n) is 7.27. The molecule has 3 nitrogen and oxygen atoms in total. The molecule has 1 aliphatic rings. The largest absolute Gasteiger partial charge is 0.465 e. The Morgan fingerprint density at radius 1 is 1.17 bits per heavy atom. The lowest BCUT2D eigenvalue weighted by molar-refractivity contribution is -0.157. The van der Waals surface area contributed by atoms with E-state index in [9.17, 15) is 4.79 Å². The molecule has 0 aromatic rings. The van der Waals surface area contributed by atoms with Crippen molar-refractivity contribution in [2.24, 2.45) is 16.6 Å². The number of carbonyl (C=O) groups is 1. The Kier molecular flexibility index (Phi) is 5.64. The summed E-state index contributed by atoms with van der Waals surface area (Å²) in [7, 11) is 0. The second-order valence-corrected chi connectivity index (χ2v) is 6.85. The summed E-state index contributed by atoms with van der Waals surface area (Å²) in [6.45, 7) is 7.42. The first kappa shape index (κ1) is 15.5. The maximum Gasteiger partial charge on any atom is 0.313 e. The Morgan fingerprint density at radius 3 is 2.17 bits per heavy atom. The molecule has 0 spiro atoms. The highest BCUT2D eigenvalue weighted by Gasteiger charge is 2.38. The van der Waals surface area contributed by atoms with Crippen LogP contribution in [0, 0.1) is 10.8 Å². The lowest BCUT2D eigenvalue weighted by Crippen LogP contribution is -2.40. The van der Waals surface area contributed by atoms with E-state index < -0.39 is 5.41 Å². The van der Waals surface area contributed by atoms with Crippen molar-refractivity contribution < 1.29 is 9.53 Å². The number of hydrogen-bond donors (Lipinski definition) is 1. The zero-order valence-electron chi connectivity index (χ0n) is 12.3. The monoisotopic (exact) mass is 255 g/mol. The SMILES string of the molecule is CC(C)(C)CCOC(=O)C1(CN)CCCCCC1. The molecule has 0 amide bonds. The van der Waals surface area contributed by atoms with Crippen molar-refractivity contribution in [3.05, 3.63) is 0 Å². The standard InChI is InChI=1S/C15H29NO2/c1-14(2,3)10-11-18-13(17)15(12-16)8-6-4-5-7-9-15/h4-12,16H2,1-3H3. The fourth-order valence-corrected chi connectivity index (χ4v) is 2.50. The Bertz CT molecular complexity index is 260. The molecule has 0 aromatic carbocycles. The summed E-state index contributed by atoms with van der Waals surface area (Å²) in [6.07, 6.45) is 7.35. The molecule has 0 aliphatic heterocycles. The van der Waals surface area contributed by atoms with Crippen molar-refractivity contribution >= 4 is 5.97 Å². The molecule has 3 heteroatoms. The molecule has 18 heavy (non-hydrogen) atoms. The van der Waals surface area contributed by atoms with E-state index in [1.807, 2.05) is 0 Å².